The molecule has 1 atom stereocenters. The van der Waals surface area contributed by atoms with E-state index in [4.69, 9.17) is 4.74 Å². The standard InChI is InChI=1S/C19H31NO/c1-4-6-7-8-9-10-18(20-5-2)14-11-17-12-15-19(21-3)16-13-17/h4,12-13,15-16,18,20H,1,5-11,14H2,2-3H3. The van der Waals surface area contributed by atoms with Gasteiger partial charge in [-0.2, -0.15) is 0 Å². The summed E-state index contributed by atoms with van der Waals surface area (Å²) in [5.41, 5.74) is 1.39. The Morgan fingerprint density at radius 2 is 1.90 bits per heavy atom. The topological polar surface area (TPSA) is 21.3 Å². The summed E-state index contributed by atoms with van der Waals surface area (Å²) in [6.07, 6.45) is 10.7. The summed E-state index contributed by atoms with van der Waals surface area (Å²) in [7, 11) is 1.71. The van der Waals surface area contributed by atoms with Crippen LogP contribution in [0.25, 0.3) is 0 Å². The van der Waals surface area contributed by atoms with Crippen LogP contribution in [-0.2, 0) is 6.42 Å². The second-order valence-corrected chi connectivity index (χ2v) is 5.57. The largest absolute Gasteiger partial charge is 0.497 e. The van der Waals surface area contributed by atoms with Crippen molar-refractivity contribution in [2.45, 2.75) is 57.9 Å². The van der Waals surface area contributed by atoms with Crippen LogP contribution in [0, 0.1) is 0 Å². The molecule has 118 valence electrons. The summed E-state index contributed by atoms with van der Waals surface area (Å²) in [4.78, 5) is 0. The second kappa shape index (κ2) is 11.4. The van der Waals surface area contributed by atoms with Crippen molar-refractivity contribution in [2.75, 3.05) is 13.7 Å². The molecule has 0 amide bonds. The fraction of sp³-hybridized carbons (Fsp3) is 0.579. The summed E-state index contributed by atoms with van der Waals surface area (Å²) in [5.74, 6) is 0.934. The molecule has 0 saturated heterocycles. The average molecular weight is 289 g/mol. The normalized spacial score (nSPS) is 12.1. The van der Waals surface area contributed by atoms with E-state index < -0.39 is 0 Å². The molecule has 0 saturated carbocycles. The van der Waals surface area contributed by atoms with E-state index in [-0.39, 0.29) is 0 Å². The summed E-state index contributed by atoms with van der Waals surface area (Å²) < 4.78 is 5.20. The minimum Gasteiger partial charge on any atom is -0.497 e. The van der Waals surface area contributed by atoms with E-state index in [0.29, 0.717) is 6.04 Å². The van der Waals surface area contributed by atoms with E-state index in [9.17, 15) is 0 Å². The number of benzene rings is 1. The van der Waals surface area contributed by atoms with Crippen LogP contribution in [0.5, 0.6) is 5.75 Å². The lowest BCUT2D eigenvalue weighted by Gasteiger charge is -2.18. The zero-order chi connectivity index (χ0) is 15.3. The first kappa shape index (κ1) is 17.8. The van der Waals surface area contributed by atoms with E-state index >= 15 is 0 Å². The number of ether oxygens (including phenoxy) is 1. The Balaban J connectivity index is 2.30. The van der Waals surface area contributed by atoms with Crippen molar-refractivity contribution < 1.29 is 4.74 Å². The van der Waals surface area contributed by atoms with Gasteiger partial charge in [0.05, 0.1) is 7.11 Å². The van der Waals surface area contributed by atoms with Gasteiger partial charge in [-0.3, -0.25) is 0 Å². The first-order valence-corrected chi connectivity index (χ1v) is 8.27. The molecule has 21 heavy (non-hydrogen) atoms. The lowest BCUT2D eigenvalue weighted by molar-refractivity contribution is 0.414. The fourth-order valence-electron chi connectivity index (χ4n) is 2.63. The van der Waals surface area contributed by atoms with Gasteiger partial charge < -0.3 is 10.1 Å². The van der Waals surface area contributed by atoms with Gasteiger partial charge in [0, 0.05) is 6.04 Å². The predicted molar refractivity (Wildman–Crippen MR) is 92.1 cm³/mol. The molecule has 2 nitrogen and oxygen atoms in total. The molecule has 0 spiro atoms. The van der Waals surface area contributed by atoms with Crippen LogP contribution < -0.4 is 10.1 Å². The second-order valence-electron chi connectivity index (χ2n) is 5.57. The molecule has 0 aliphatic carbocycles. The summed E-state index contributed by atoms with van der Waals surface area (Å²) in [5, 5.41) is 3.62. The summed E-state index contributed by atoms with van der Waals surface area (Å²) in [6, 6.07) is 9.08. The summed E-state index contributed by atoms with van der Waals surface area (Å²) in [6.45, 7) is 7.02. The van der Waals surface area contributed by atoms with Crippen molar-refractivity contribution in [2.24, 2.45) is 0 Å². The maximum absolute atomic E-state index is 5.20. The van der Waals surface area contributed by atoms with Crippen molar-refractivity contribution in [3.8, 4) is 5.75 Å². The molecule has 0 bridgehead atoms. The molecule has 1 rings (SSSR count). The molecule has 0 aliphatic rings. The van der Waals surface area contributed by atoms with Crippen LogP contribution in [-0.4, -0.2) is 19.7 Å². The number of hydrogen-bond donors (Lipinski definition) is 1. The molecule has 0 aliphatic heterocycles. The monoisotopic (exact) mass is 289 g/mol. The third-order valence-corrected chi connectivity index (χ3v) is 3.89. The van der Waals surface area contributed by atoms with E-state index in [2.05, 4.69) is 31.0 Å². The van der Waals surface area contributed by atoms with E-state index in [1.165, 1.54) is 37.7 Å². The highest BCUT2D eigenvalue weighted by atomic mass is 16.5. The third kappa shape index (κ3) is 7.91. The highest BCUT2D eigenvalue weighted by molar-refractivity contribution is 5.27. The molecule has 0 aromatic heterocycles. The molecule has 1 unspecified atom stereocenters. The molecule has 1 aromatic rings. The van der Waals surface area contributed by atoms with Gasteiger partial charge in [0.1, 0.15) is 5.75 Å². The fourth-order valence-corrected chi connectivity index (χ4v) is 2.63. The maximum Gasteiger partial charge on any atom is 0.118 e. The zero-order valence-electron chi connectivity index (χ0n) is 13.7. The van der Waals surface area contributed by atoms with Gasteiger partial charge in [0.25, 0.3) is 0 Å². The molecule has 1 aromatic carbocycles. The van der Waals surface area contributed by atoms with Crippen LogP contribution in [0.3, 0.4) is 0 Å². The summed E-state index contributed by atoms with van der Waals surface area (Å²) >= 11 is 0. The smallest absolute Gasteiger partial charge is 0.118 e. The first-order chi connectivity index (χ1) is 10.3. The van der Waals surface area contributed by atoms with Crippen molar-refractivity contribution in [1.29, 1.82) is 0 Å². The van der Waals surface area contributed by atoms with E-state index in [1.807, 2.05) is 18.2 Å². The van der Waals surface area contributed by atoms with Gasteiger partial charge >= 0.3 is 0 Å². The molecule has 0 fully saturated rings. The van der Waals surface area contributed by atoms with Crippen LogP contribution >= 0.6 is 0 Å². The number of allylic oxidation sites excluding steroid dienone is 1. The number of rotatable bonds is 12. The molecular weight excluding hydrogens is 258 g/mol. The van der Waals surface area contributed by atoms with Gasteiger partial charge in [-0.1, -0.05) is 38.0 Å². The number of methoxy groups -OCH3 is 1. The van der Waals surface area contributed by atoms with Crippen LogP contribution in [0.2, 0.25) is 0 Å². The molecule has 0 radical (unpaired) electrons. The molecule has 1 N–H and O–H groups in total. The highest BCUT2D eigenvalue weighted by Crippen LogP contribution is 2.15. The Bertz CT molecular complexity index is 372. The predicted octanol–water partition coefficient (Wildman–Crippen LogP) is 4.74. The van der Waals surface area contributed by atoms with E-state index in [0.717, 1.165) is 25.1 Å². The van der Waals surface area contributed by atoms with Crippen LogP contribution in [0.1, 0.15) is 51.0 Å². The van der Waals surface area contributed by atoms with Gasteiger partial charge in [-0.05, 0) is 56.3 Å². The lowest BCUT2D eigenvalue weighted by Crippen LogP contribution is -2.29. The van der Waals surface area contributed by atoms with Gasteiger partial charge in [-0.25, -0.2) is 0 Å². The number of nitrogens with one attached hydrogen (secondary N) is 1. The quantitative estimate of drug-likeness (QED) is 0.443. The Morgan fingerprint density at radius 1 is 1.14 bits per heavy atom. The van der Waals surface area contributed by atoms with E-state index in [1.54, 1.807) is 7.11 Å². The van der Waals surface area contributed by atoms with Crippen molar-refractivity contribution in [1.82, 2.24) is 5.32 Å². The number of hydrogen-bond acceptors (Lipinski definition) is 2. The zero-order valence-corrected chi connectivity index (χ0v) is 13.7. The number of aryl methyl sites for hydroxylation is 1. The van der Waals surface area contributed by atoms with Crippen molar-refractivity contribution in [3.63, 3.8) is 0 Å². The highest BCUT2D eigenvalue weighted by Gasteiger charge is 2.07. The lowest BCUT2D eigenvalue weighted by atomic mass is 10.00. The van der Waals surface area contributed by atoms with Gasteiger partial charge in [0.2, 0.25) is 0 Å². The third-order valence-electron chi connectivity index (χ3n) is 3.89. The maximum atomic E-state index is 5.20. The molecular formula is C19H31NO. The first-order valence-electron chi connectivity index (χ1n) is 8.27. The average Bonchev–Trinajstić information content (AvgIpc) is 2.52. The molecule has 2 heteroatoms. The van der Waals surface area contributed by atoms with Crippen LogP contribution in [0.15, 0.2) is 36.9 Å². The SMILES string of the molecule is C=CCCCCCC(CCc1ccc(OC)cc1)NCC. The Kier molecular flexibility index (Phi) is 9.64. The number of unbranched alkanes of at least 4 members (excludes halogenated alkanes) is 3. The van der Waals surface area contributed by atoms with Gasteiger partial charge in [-0.15, -0.1) is 6.58 Å². The minimum absolute atomic E-state index is 0.640. The van der Waals surface area contributed by atoms with Gasteiger partial charge in [0.15, 0.2) is 0 Å². The molecule has 0 heterocycles. The minimum atomic E-state index is 0.640. The Labute approximate surface area is 130 Å². The van der Waals surface area contributed by atoms with Crippen molar-refractivity contribution in [3.05, 3.63) is 42.5 Å². The Morgan fingerprint density at radius 3 is 2.52 bits per heavy atom. The van der Waals surface area contributed by atoms with Crippen LogP contribution in [0.4, 0.5) is 0 Å². The van der Waals surface area contributed by atoms with Crippen molar-refractivity contribution >= 4 is 0 Å². The Hall–Kier alpha value is -1.28.